The number of hydrogen-bond acceptors (Lipinski definition) is 2. The number of ether oxygens (including phenoxy) is 2. The van der Waals surface area contributed by atoms with E-state index in [9.17, 15) is 0 Å². The largest absolute Gasteiger partial charge is 0.488 e. The SMILES string of the molecule is c1ccc(P(c2ccccc2)c2cccc3c2-c2c(cccc2P(c2ccccc2)c2ccccc2)OCc2cccc(c2)CO3)cc1. The molecule has 232 valence electrons. The Bertz CT molecular complexity index is 1900. The Labute approximate surface area is 285 Å². The van der Waals surface area contributed by atoms with Crippen LogP contribution in [0.5, 0.6) is 11.5 Å². The van der Waals surface area contributed by atoms with Crippen LogP contribution in [0.2, 0.25) is 0 Å². The second-order valence-corrected chi connectivity index (χ2v) is 16.1. The molecule has 0 fully saturated rings. The molecule has 2 bridgehead atoms. The van der Waals surface area contributed by atoms with E-state index in [1.807, 2.05) is 0 Å². The highest BCUT2D eigenvalue weighted by molar-refractivity contribution is 7.80. The van der Waals surface area contributed by atoms with Crippen molar-refractivity contribution in [3.05, 3.63) is 193 Å². The summed E-state index contributed by atoms with van der Waals surface area (Å²) in [5, 5.41) is 7.67. The van der Waals surface area contributed by atoms with Crippen LogP contribution in [0.3, 0.4) is 0 Å². The van der Waals surface area contributed by atoms with Gasteiger partial charge in [-0.15, -0.1) is 0 Å². The van der Waals surface area contributed by atoms with E-state index in [1.165, 1.54) is 31.8 Å². The Balaban J connectivity index is 1.45. The van der Waals surface area contributed by atoms with Crippen molar-refractivity contribution in [1.29, 1.82) is 0 Å². The van der Waals surface area contributed by atoms with E-state index in [2.05, 4.69) is 182 Å². The molecule has 0 amide bonds. The van der Waals surface area contributed by atoms with Crippen LogP contribution < -0.4 is 41.3 Å². The molecular formula is C44H34O2P2. The van der Waals surface area contributed by atoms with Crippen LogP contribution in [-0.4, -0.2) is 0 Å². The fraction of sp³-hybridized carbons (Fsp3) is 0.0455. The highest BCUT2D eigenvalue weighted by atomic mass is 31.1. The van der Waals surface area contributed by atoms with Crippen molar-refractivity contribution < 1.29 is 9.47 Å². The molecular weight excluding hydrogens is 622 g/mol. The summed E-state index contributed by atoms with van der Waals surface area (Å²) >= 11 is 0. The Hall–Kier alpha value is -5.00. The Morgan fingerprint density at radius 3 is 1.02 bits per heavy atom. The van der Waals surface area contributed by atoms with Crippen LogP contribution in [0.15, 0.2) is 182 Å². The lowest BCUT2D eigenvalue weighted by Crippen LogP contribution is -2.26. The number of rotatable bonds is 6. The second kappa shape index (κ2) is 14.0. The van der Waals surface area contributed by atoms with Gasteiger partial charge in [-0.1, -0.05) is 164 Å². The van der Waals surface area contributed by atoms with Crippen molar-refractivity contribution in [2.45, 2.75) is 13.2 Å². The number of benzene rings is 7. The molecule has 8 rings (SSSR count). The van der Waals surface area contributed by atoms with E-state index in [4.69, 9.17) is 9.47 Å². The summed E-state index contributed by atoms with van der Waals surface area (Å²) < 4.78 is 13.8. The molecule has 0 spiro atoms. The summed E-state index contributed by atoms with van der Waals surface area (Å²) in [5.41, 5.74) is 4.47. The first-order valence-corrected chi connectivity index (χ1v) is 18.9. The van der Waals surface area contributed by atoms with Crippen molar-refractivity contribution in [3.8, 4) is 22.6 Å². The normalized spacial score (nSPS) is 12.3. The average Bonchev–Trinajstić information content (AvgIpc) is 3.17. The van der Waals surface area contributed by atoms with E-state index < -0.39 is 15.8 Å². The summed E-state index contributed by atoms with van der Waals surface area (Å²) in [6, 6.07) is 65.4. The lowest BCUT2D eigenvalue weighted by molar-refractivity contribution is 0.306. The zero-order valence-corrected chi connectivity index (χ0v) is 28.2. The average molecular weight is 657 g/mol. The maximum Gasteiger partial charge on any atom is 0.128 e. The highest BCUT2D eigenvalue weighted by Gasteiger charge is 2.30. The van der Waals surface area contributed by atoms with Crippen LogP contribution in [0, 0.1) is 0 Å². The quantitative estimate of drug-likeness (QED) is 0.168. The predicted octanol–water partition coefficient (Wildman–Crippen LogP) is 8.34. The van der Waals surface area contributed by atoms with Gasteiger partial charge < -0.3 is 9.47 Å². The first-order valence-electron chi connectivity index (χ1n) is 16.2. The zero-order valence-electron chi connectivity index (χ0n) is 26.4. The lowest BCUT2D eigenvalue weighted by atomic mass is 10.0. The smallest absolute Gasteiger partial charge is 0.128 e. The van der Waals surface area contributed by atoms with Gasteiger partial charge in [-0.25, -0.2) is 0 Å². The van der Waals surface area contributed by atoms with Gasteiger partial charge in [0.1, 0.15) is 24.7 Å². The van der Waals surface area contributed by atoms with E-state index >= 15 is 0 Å². The molecule has 7 aromatic carbocycles. The van der Waals surface area contributed by atoms with E-state index in [0.717, 1.165) is 33.8 Å². The molecule has 0 aliphatic carbocycles. The molecule has 0 saturated heterocycles. The molecule has 0 aromatic heterocycles. The molecule has 1 heterocycles. The van der Waals surface area contributed by atoms with Gasteiger partial charge in [-0.2, -0.15) is 0 Å². The first kappa shape index (κ1) is 30.3. The molecule has 0 N–H and O–H groups in total. The second-order valence-electron chi connectivity index (χ2n) is 11.7. The maximum atomic E-state index is 6.89. The minimum Gasteiger partial charge on any atom is -0.488 e. The molecule has 1 aliphatic rings. The zero-order chi connectivity index (χ0) is 32.1. The van der Waals surface area contributed by atoms with Crippen LogP contribution in [0.25, 0.3) is 11.1 Å². The molecule has 4 heteroatoms. The molecule has 7 aromatic rings. The molecule has 0 saturated carbocycles. The van der Waals surface area contributed by atoms with E-state index in [0.29, 0.717) is 13.2 Å². The van der Waals surface area contributed by atoms with Gasteiger partial charge in [0.05, 0.1) is 0 Å². The van der Waals surface area contributed by atoms with Crippen LogP contribution in [-0.2, 0) is 13.2 Å². The van der Waals surface area contributed by atoms with Gasteiger partial charge in [0.15, 0.2) is 0 Å². The monoisotopic (exact) mass is 656 g/mol. The van der Waals surface area contributed by atoms with Crippen LogP contribution in [0.4, 0.5) is 0 Å². The molecule has 48 heavy (non-hydrogen) atoms. The van der Waals surface area contributed by atoms with Gasteiger partial charge in [-0.05, 0) is 77.0 Å². The van der Waals surface area contributed by atoms with Crippen molar-refractivity contribution >= 4 is 47.7 Å². The minimum absolute atomic E-state index is 0.475. The Kier molecular flexibility index (Phi) is 8.85. The molecule has 0 radical (unpaired) electrons. The highest BCUT2D eigenvalue weighted by Crippen LogP contribution is 2.47. The van der Waals surface area contributed by atoms with Crippen LogP contribution >= 0.6 is 15.8 Å². The summed E-state index contributed by atoms with van der Waals surface area (Å²) in [6.07, 6.45) is 0. The molecule has 0 unspecified atom stereocenters. The van der Waals surface area contributed by atoms with E-state index in [-0.39, 0.29) is 0 Å². The van der Waals surface area contributed by atoms with E-state index in [1.54, 1.807) is 0 Å². The van der Waals surface area contributed by atoms with Crippen molar-refractivity contribution in [1.82, 2.24) is 0 Å². The molecule has 2 nitrogen and oxygen atoms in total. The maximum absolute atomic E-state index is 6.89. The Morgan fingerprint density at radius 1 is 0.333 bits per heavy atom. The molecule has 0 atom stereocenters. The fourth-order valence-corrected chi connectivity index (χ4v) is 11.4. The Morgan fingerprint density at radius 2 is 0.667 bits per heavy atom. The third-order valence-corrected chi connectivity index (χ3v) is 13.5. The first-order chi connectivity index (χ1) is 23.8. The third-order valence-electron chi connectivity index (χ3n) is 8.58. The molecule has 1 aliphatic heterocycles. The standard InChI is InChI=1S/C44H34O2P2/c1-5-18-35(19-6-1)47(36-20-7-2-8-21-36)41-28-14-26-39-43(41)44-40(46-32-34-17-13-16-33(30-34)31-45-39)27-15-29-42(44)48(37-22-9-3-10-23-37)38-24-11-4-12-25-38/h1-30H,31-32H2. The summed E-state index contributed by atoms with van der Waals surface area (Å²) in [4.78, 5) is 0. The van der Waals surface area contributed by atoms with Crippen molar-refractivity contribution in [2.24, 2.45) is 0 Å². The van der Waals surface area contributed by atoms with Gasteiger partial charge in [0, 0.05) is 11.1 Å². The minimum atomic E-state index is -0.947. The van der Waals surface area contributed by atoms with Crippen LogP contribution in [0.1, 0.15) is 11.1 Å². The predicted molar refractivity (Wildman–Crippen MR) is 204 cm³/mol. The third kappa shape index (κ3) is 6.18. The van der Waals surface area contributed by atoms with Gasteiger partial charge in [-0.3, -0.25) is 0 Å². The van der Waals surface area contributed by atoms with Gasteiger partial charge >= 0.3 is 0 Å². The van der Waals surface area contributed by atoms with Crippen molar-refractivity contribution in [2.75, 3.05) is 0 Å². The van der Waals surface area contributed by atoms with Gasteiger partial charge in [0.25, 0.3) is 0 Å². The summed E-state index contributed by atoms with van der Waals surface area (Å²) in [5.74, 6) is 1.74. The lowest BCUT2D eigenvalue weighted by Gasteiger charge is -2.28. The number of hydrogen-bond donors (Lipinski definition) is 0. The fourth-order valence-electron chi connectivity index (χ4n) is 6.45. The number of fused-ring (bicyclic) bond motifs is 5. The summed E-state index contributed by atoms with van der Waals surface area (Å²) in [7, 11) is -1.89. The summed E-state index contributed by atoms with van der Waals surface area (Å²) in [6.45, 7) is 0.949. The topological polar surface area (TPSA) is 18.5 Å². The van der Waals surface area contributed by atoms with Crippen molar-refractivity contribution in [3.63, 3.8) is 0 Å². The van der Waals surface area contributed by atoms with Gasteiger partial charge in [0.2, 0.25) is 0 Å².